The third kappa shape index (κ3) is 5.90. The molecule has 0 aliphatic carbocycles. The topological polar surface area (TPSA) is 64.7 Å². The van der Waals surface area contributed by atoms with E-state index < -0.39 is 0 Å². The molecular weight excluding hydrogens is 376 g/mol. The molecule has 6 nitrogen and oxygen atoms in total. The summed E-state index contributed by atoms with van der Waals surface area (Å²) in [5.74, 6) is 0.0474. The van der Waals surface area contributed by atoms with E-state index in [-0.39, 0.29) is 23.9 Å². The first kappa shape index (κ1) is 22.0. The molecule has 0 spiro atoms. The molecule has 1 fully saturated rings. The van der Waals surface area contributed by atoms with Crippen molar-refractivity contribution in [2.24, 2.45) is 0 Å². The molecule has 2 amide bonds. The number of anilines is 1. The average molecular weight is 409 g/mol. The summed E-state index contributed by atoms with van der Waals surface area (Å²) in [6.07, 6.45) is 0. The van der Waals surface area contributed by atoms with Crippen LogP contribution in [0, 0.1) is 0 Å². The van der Waals surface area contributed by atoms with Crippen LogP contribution in [0.3, 0.4) is 0 Å². The van der Waals surface area contributed by atoms with Crippen molar-refractivity contribution in [3.63, 3.8) is 0 Å². The smallest absolute Gasteiger partial charge is 0.241 e. The summed E-state index contributed by atoms with van der Waals surface area (Å²) in [6.45, 7) is 9.39. The highest BCUT2D eigenvalue weighted by Crippen LogP contribution is 2.27. The predicted octanol–water partition coefficient (Wildman–Crippen LogP) is 2.82. The molecule has 6 heteroatoms. The van der Waals surface area contributed by atoms with Gasteiger partial charge in [0.15, 0.2) is 0 Å². The molecule has 1 aliphatic heterocycles. The first-order chi connectivity index (χ1) is 14.4. The van der Waals surface area contributed by atoms with Crippen molar-refractivity contribution in [3.05, 3.63) is 54.6 Å². The molecule has 2 N–H and O–H groups in total. The number of nitrogens with one attached hydrogen (secondary N) is 2. The summed E-state index contributed by atoms with van der Waals surface area (Å²) in [5.41, 5.74) is 2.92. The highest BCUT2D eigenvalue weighted by molar-refractivity contribution is 5.98. The number of hydrogen-bond acceptors (Lipinski definition) is 4. The van der Waals surface area contributed by atoms with E-state index in [1.54, 1.807) is 0 Å². The lowest BCUT2D eigenvalue weighted by molar-refractivity contribution is -0.125. The van der Waals surface area contributed by atoms with Crippen LogP contribution in [0.4, 0.5) is 5.69 Å². The molecule has 3 rings (SSSR count). The van der Waals surface area contributed by atoms with Gasteiger partial charge in [-0.1, -0.05) is 48.5 Å². The summed E-state index contributed by atoms with van der Waals surface area (Å²) in [4.78, 5) is 29.2. The number of hydrogen-bond donors (Lipinski definition) is 2. The molecule has 160 valence electrons. The first-order valence-electron chi connectivity index (χ1n) is 10.6. The fraction of sp³-hybridized carbons (Fsp3) is 0.417. The molecule has 2 aromatic carbocycles. The molecule has 0 saturated carbocycles. The number of carbonyl (C=O) groups is 2. The van der Waals surface area contributed by atoms with Crippen molar-refractivity contribution in [2.75, 3.05) is 38.0 Å². The van der Waals surface area contributed by atoms with Crippen molar-refractivity contribution in [1.82, 2.24) is 15.1 Å². The minimum Gasteiger partial charge on any atom is -0.353 e. The molecule has 0 unspecified atom stereocenters. The minimum atomic E-state index is -0.236. The number of amides is 2. The fourth-order valence-corrected chi connectivity index (χ4v) is 3.74. The van der Waals surface area contributed by atoms with Crippen LogP contribution < -0.4 is 10.6 Å². The van der Waals surface area contributed by atoms with E-state index in [1.807, 2.05) is 75.4 Å². The number of para-hydroxylation sites is 1. The lowest BCUT2D eigenvalue weighted by atomic mass is 10.0. The van der Waals surface area contributed by atoms with Gasteiger partial charge in [0, 0.05) is 43.5 Å². The van der Waals surface area contributed by atoms with Crippen molar-refractivity contribution in [2.45, 2.75) is 32.9 Å². The second-order valence-electron chi connectivity index (χ2n) is 8.11. The number of nitrogens with zero attached hydrogens (tertiary/aromatic N) is 2. The quantitative estimate of drug-likeness (QED) is 0.740. The first-order valence-corrected chi connectivity index (χ1v) is 10.6. The Hall–Kier alpha value is -2.70. The molecule has 1 atom stereocenters. The molecule has 1 aliphatic rings. The van der Waals surface area contributed by atoms with E-state index in [9.17, 15) is 9.59 Å². The summed E-state index contributed by atoms with van der Waals surface area (Å²) in [7, 11) is 0. The maximum Gasteiger partial charge on any atom is 0.241 e. The minimum absolute atomic E-state index is 0.00983. The molecular formula is C24H32N4O2. The largest absolute Gasteiger partial charge is 0.353 e. The van der Waals surface area contributed by atoms with Gasteiger partial charge in [-0.25, -0.2) is 0 Å². The number of rotatable bonds is 7. The van der Waals surface area contributed by atoms with Crippen molar-refractivity contribution in [3.8, 4) is 11.1 Å². The molecule has 1 heterocycles. The maximum absolute atomic E-state index is 12.9. The van der Waals surface area contributed by atoms with Gasteiger partial charge in [0.2, 0.25) is 11.8 Å². The predicted molar refractivity (Wildman–Crippen MR) is 121 cm³/mol. The Morgan fingerprint density at radius 3 is 2.20 bits per heavy atom. The molecule has 30 heavy (non-hydrogen) atoms. The van der Waals surface area contributed by atoms with Gasteiger partial charge in [0.1, 0.15) is 0 Å². The monoisotopic (exact) mass is 408 g/mol. The van der Waals surface area contributed by atoms with Crippen LogP contribution in [0.25, 0.3) is 11.1 Å². The van der Waals surface area contributed by atoms with E-state index >= 15 is 0 Å². The van der Waals surface area contributed by atoms with Gasteiger partial charge in [-0.15, -0.1) is 0 Å². The van der Waals surface area contributed by atoms with Gasteiger partial charge in [-0.2, -0.15) is 0 Å². The molecule has 0 radical (unpaired) electrons. The highest BCUT2D eigenvalue weighted by Gasteiger charge is 2.26. The molecule has 0 aromatic heterocycles. The fourth-order valence-electron chi connectivity index (χ4n) is 3.74. The molecule has 0 bridgehead atoms. The van der Waals surface area contributed by atoms with E-state index in [4.69, 9.17) is 0 Å². The maximum atomic E-state index is 12.9. The average Bonchev–Trinajstić information content (AvgIpc) is 2.74. The van der Waals surface area contributed by atoms with Crippen LogP contribution in [0.2, 0.25) is 0 Å². The van der Waals surface area contributed by atoms with E-state index in [0.29, 0.717) is 6.54 Å². The zero-order valence-corrected chi connectivity index (χ0v) is 18.1. The van der Waals surface area contributed by atoms with Crippen LogP contribution in [-0.2, 0) is 9.59 Å². The van der Waals surface area contributed by atoms with Crippen molar-refractivity contribution in [1.29, 1.82) is 0 Å². The Morgan fingerprint density at radius 2 is 1.53 bits per heavy atom. The number of benzene rings is 2. The van der Waals surface area contributed by atoms with Crippen LogP contribution in [0.5, 0.6) is 0 Å². The summed E-state index contributed by atoms with van der Waals surface area (Å²) in [6, 6.07) is 17.9. The number of piperazine rings is 1. The molecule has 1 saturated heterocycles. The van der Waals surface area contributed by atoms with Crippen LogP contribution in [0.15, 0.2) is 54.6 Å². The van der Waals surface area contributed by atoms with Gasteiger partial charge in [-0.05, 0) is 32.4 Å². The van der Waals surface area contributed by atoms with Crippen LogP contribution >= 0.6 is 0 Å². The van der Waals surface area contributed by atoms with Gasteiger partial charge in [0.25, 0.3) is 0 Å². The van der Waals surface area contributed by atoms with Crippen molar-refractivity contribution >= 4 is 17.5 Å². The van der Waals surface area contributed by atoms with Crippen LogP contribution in [-0.4, -0.2) is 66.4 Å². The van der Waals surface area contributed by atoms with E-state index in [0.717, 1.165) is 43.0 Å². The van der Waals surface area contributed by atoms with Gasteiger partial charge in [0.05, 0.1) is 12.6 Å². The van der Waals surface area contributed by atoms with Gasteiger partial charge in [-0.3, -0.25) is 19.4 Å². The van der Waals surface area contributed by atoms with Gasteiger partial charge < -0.3 is 10.6 Å². The second-order valence-corrected chi connectivity index (χ2v) is 8.11. The Balaban J connectivity index is 1.56. The Labute approximate surface area is 179 Å². The second kappa shape index (κ2) is 10.4. The molecule has 2 aromatic rings. The zero-order valence-electron chi connectivity index (χ0n) is 18.1. The Bertz CT molecular complexity index is 845. The van der Waals surface area contributed by atoms with E-state index in [2.05, 4.69) is 20.4 Å². The third-order valence-corrected chi connectivity index (χ3v) is 5.42. The zero-order chi connectivity index (χ0) is 21.5. The Kier molecular flexibility index (Phi) is 7.60. The van der Waals surface area contributed by atoms with Crippen LogP contribution in [0.1, 0.15) is 20.8 Å². The Morgan fingerprint density at radius 1 is 0.900 bits per heavy atom. The summed E-state index contributed by atoms with van der Waals surface area (Å²) >= 11 is 0. The van der Waals surface area contributed by atoms with Gasteiger partial charge >= 0.3 is 0 Å². The standard InChI is InChI=1S/C24H32N4O2/c1-18(2)25-23(29)17-27-13-15-28(16-14-27)19(3)24(30)26-22-12-8-7-11-21(22)20-9-5-4-6-10-20/h4-12,18-19H,13-17H2,1-3H3,(H,25,29)(H,26,30)/t19-/m1/s1. The van der Waals surface area contributed by atoms with Crippen molar-refractivity contribution < 1.29 is 9.59 Å². The normalized spacial score (nSPS) is 16.3. The lowest BCUT2D eigenvalue weighted by Crippen LogP contribution is -2.54. The van der Waals surface area contributed by atoms with E-state index in [1.165, 1.54) is 0 Å². The number of carbonyl (C=O) groups excluding carboxylic acids is 2. The third-order valence-electron chi connectivity index (χ3n) is 5.42. The lowest BCUT2D eigenvalue weighted by Gasteiger charge is -2.37. The summed E-state index contributed by atoms with van der Waals surface area (Å²) in [5, 5.41) is 6.04. The SMILES string of the molecule is CC(C)NC(=O)CN1CCN([C@H](C)C(=O)Nc2ccccc2-c2ccccc2)CC1. The highest BCUT2D eigenvalue weighted by atomic mass is 16.2. The summed E-state index contributed by atoms with van der Waals surface area (Å²) < 4.78 is 0.